The standard InChI is InChI=1S/C16H25N3O3/c1-16(2,12-21-4)18(3)15(20)13-9-14(11-17-10-13)19-5-7-22-8-6-19/h9-11H,5-8,12H2,1-4H3. The van der Waals surface area contributed by atoms with Crippen molar-refractivity contribution in [3.05, 3.63) is 24.0 Å². The molecule has 2 heterocycles. The van der Waals surface area contributed by atoms with Crippen LogP contribution in [-0.4, -0.2) is 68.4 Å². The van der Waals surface area contributed by atoms with Gasteiger partial charge in [0, 0.05) is 33.4 Å². The van der Waals surface area contributed by atoms with E-state index in [1.54, 1.807) is 31.5 Å². The molecule has 6 nitrogen and oxygen atoms in total. The Morgan fingerprint density at radius 2 is 2.09 bits per heavy atom. The van der Waals surface area contributed by atoms with Crippen molar-refractivity contribution >= 4 is 11.6 Å². The number of likely N-dealkylation sites (N-methyl/N-ethyl adjacent to an activating group) is 1. The lowest BCUT2D eigenvalue weighted by molar-refractivity contribution is 0.0366. The fourth-order valence-electron chi connectivity index (χ4n) is 2.46. The van der Waals surface area contributed by atoms with Crippen molar-refractivity contribution in [3.8, 4) is 0 Å². The van der Waals surface area contributed by atoms with Crippen LogP contribution in [0, 0.1) is 0 Å². The van der Waals surface area contributed by atoms with Crippen LogP contribution >= 0.6 is 0 Å². The van der Waals surface area contributed by atoms with Crippen LogP contribution in [0.5, 0.6) is 0 Å². The molecule has 0 saturated carbocycles. The molecule has 1 aliphatic heterocycles. The molecule has 0 N–H and O–H groups in total. The summed E-state index contributed by atoms with van der Waals surface area (Å²) in [5, 5.41) is 0. The monoisotopic (exact) mass is 307 g/mol. The number of rotatable bonds is 5. The number of hydrogen-bond acceptors (Lipinski definition) is 5. The van der Waals surface area contributed by atoms with Crippen molar-refractivity contribution in [1.29, 1.82) is 0 Å². The predicted molar refractivity (Wildman–Crippen MR) is 85.3 cm³/mol. The van der Waals surface area contributed by atoms with Gasteiger partial charge in [-0.25, -0.2) is 0 Å². The molecule has 1 amide bonds. The number of aromatic nitrogens is 1. The highest BCUT2D eigenvalue weighted by molar-refractivity contribution is 5.95. The third-order valence-corrected chi connectivity index (χ3v) is 4.06. The Hall–Kier alpha value is -1.66. The van der Waals surface area contributed by atoms with E-state index in [0.29, 0.717) is 25.4 Å². The van der Waals surface area contributed by atoms with Gasteiger partial charge < -0.3 is 19.3 Å². The molecular weight excluding hydrogens is 282 g/mol. The minimum absolute atomic E-state index is 0.0512. The third-order valence-electron chi connectivity index (χ3n) is 4.06. The fourth-order valence-corrected chi connectivity index (χ4v) is 2.46. The number of amides is 1. The molecule has 0 aliphatic carbocycles. The van der Waals surface area contributed by atoms with E-state index < -0.39 is 0 Å². The van der Waals surface area contributed by atoms with Gasteiger partial charge in [-0.05, 0) is 19.9 Å². The maximum Gasteiger partial charge on any atom is 0.255 e. The average Bonchev–Trinajstić information content (AvgIpc) is 2.54. The SMILES string of the molecule is COCC(C)(C)N(C)C(=O)c1cncc(N2CCOCC2)c1. The smallest absolute Gasteiger partial charge is 0.255 e. The van der Waals surface area contributed by atoms with Crippen LogP contribution in [0.4, 0.5) is 5.69 Å². The van der Waals surface area contributed by atoms with Crippen LogP contribution in [0.2, 0.25) is 0 Å². The van der Waals surface area contributed by atoms with E-state index in [1.165, 1.54) is 0 Å². The molecule has 1 fully saturated rings. The third kappa shape index (κ3) is 3.75. The average molecular weight is 307 g/mol. The summed E-state index contributed by atoms with van der Waals surface area (Å²) in [4.78, 5) is 20.8. The van der Waals surface area contributed by atoms with Crippen LogP contribution in [0.1, 0.15) is 24.2 Å². The lowest BCUT2D eigenvalue weighted by Crippen LogP contribution is -2.48. The van der Waals surface area contributed by atoms with Gasteiger partial charge in [0.15, 0.2) is 0 Å². The lowest BCUT2D eigenvalue weighted by atomic mass is 10.0. The highest BCUT2D eigenvalue weighted by atomic mass is 16.5. The topological polar surface area (TPSA) is 54.9 Å². The molecule has 1 aromatic rings. The summed E-state index contributed by atoms with van der Waals surface area (Å²) in [6.07, 6.45) is 3.41. The number of hydrogen-bond donors (Lipinski definition) is 0. The van der Waals surface area contributed by atoms with Gasteiger partial charge in [0.05, 0.1) is 42.8 Å². The van der Waals surface area contributed by atoms with Crippen molar-refractivity contribution in [2.45, 2.75) is 19.4 Å². The van der Waals surface area contributed by atoms with Gasteiger partial charge in [0.25, 0.3) is 5.91 Å². The number of ether oxygens (including phenoxy) is 2. The molecule has 0 bridgehead atoms. The summed E-state index contributed by atoms with van der Waals surface area (Å²) in [5.74, 6) is -0.0512. The highest BCUT2D eigenvalue weighted by Gasteiger charge is 2.28. The Balaban J connectivity index is 2.16. The van der Waals surface area contributed by atoms with E-state index in [0.717, 1.165) is 18.8 Å². The Morgan fingerprint density at radius 3 is 2.73 bits per heavy atom. The molecule has 6 heteroatoms. The first-order chi connectivity index (χ1) is 10.5. The van der Waals surface area contributed by atoms with Crippen LogP contribution in [0.15, 0.2) is 18.5 Å². The summed E-state index contributed by atoms with van der Waals surface area (Å²) in [7, 11) is 3.43. The van der Waals surface area contributed by atoms with Crippen molar-refractivity contribution in [1.82, 2.24) is 9.88 Å². The second-order valence-corrected chi connectivity index (χ2v) is 6.14. The summed E-state index contributed by atoms with van der Waals surface area (Å²) >= 11 is 0. The van der Waals surface area contributed by atoms with Gasteiger partial charge >= 0.3 is 0 Å². The first-order valence-corrected chi connectivity index (χ1v) is 7.50. The Bertz CT molecular complexity index is 513. The molecule has 1 saturated heterocycles. The molecule has 2 rings (SSSR count). The predicted octanol–water partition coefficient (Wildman–Crippen LogP) is 1.42. The van der Waals surface area contributed by atoms with Crippen molar-refractivity contribution in [2.24, 2.45) is 0 Å². The minimum atomic E-state index is -0.374. The first kappa shape index (κ1) is 16.7. The second-order valence-electron chi connectivity index (χ2n) is 6.14. The lowest BCUT2D eigenvalue weighted by Gasteiger charge is -2.35. The van der Waals surface area contributed by atoms with Gasteiger partial charge in [-0.3, -0.25) is 9.78 Å². The second kappa shape index (κ2) is 7.07. The van der Waals surface area contributed by atoms with Crippen molar-refractivity contribution < 1.29 is 14.3 Å². The maximum absolute atomic E-state index is 12.7. The maximum atomic E-state index is 12.7. The van der Waals surface area contributed by atoms with Gasteiger partial charge in [0.1, 0.15) is 0 Å². The number of methoxy groups -OCH3 is 1. The summed E-state index contributed by atoms with van der Waals surface area (Å²) in [6.45, 7) is 7.50. The first-order valence-electron chi connectivity index (χ1n) is 7.50. The molecule has 0 radical (unpaired) electrons. The molecule has 0 spiro atoms. The van der Waals surface area contributed by atoms with E-state index in [2.05, 4.69) is 9.88 Å². The Kier molecular flexibility index (Phi) is 5.37. The molecule has 0 unspecified atom stereocenters. The highest BCUT2D eigenvalue weighted by Crippen LogP contribution is 2.20. The minimum Gasteiger partial charge on any atom is -0.382 e. The van der Waals surface area contributed by atoms with Gasteiger partial charge in [-0.15, -0.1) is 0 Å². The molecule has 0 atom stereocenters. The largest absolute Gasteiger partial charge is 0.382 e. The number of carbonyl (C=O) groups excluding carboxylic acids is 1. The number of pyridine rings is 1. The van der Waals surface area contributed by atoms with E-state index in [4.69, 9.17) is 9.47 Å². The Labute approximate surface area is 132 Å². The number of carbonyl (C=O) groups is 1. The molecule has 0 aromatic carbocycles. The van der Waals surface area contributed by atoms with Crippen LogP contribution in [0.3, 0.4) is 0 Å². The summed E-state index contributed by atoms with van der Waals surface area (Å²) < 4.78 is 10.6. The normalized spacial score (nSPS) is 15.7. The van der Waals surface area contributed by atoms with Gasteiger partial charge in [-0.2, -0.15) is 0 Å². The summed E-state index contributed by atoms with van der Waals surface area (Å²) in [5.41, 5.74) is 1.18. The number of anilines is 1. The molecule has 122 valence electrons. The van der Waals surface area contributed by atoms with Crippen LogP contribution < -0.4 is 4.90 Å². The van der Waals surface area contributed by atoms with Gasteiger partial charge in [0.2, 0.25) is 0 Å². The van der Waals surface area contributed by atoms with Gasteiger partial charge in [-0.1, -0.05) is 0 Å². The zero-order valence-corrected chi connectivity index (χ0v) is 13.8. The summed E-state index contributed by atoms with van der Waals surface area (Å²) in [6, 6.07) is 1.90. The number of morpholine rings is 1. The quantitative estimate of drug-likeness (QED) is 0.823. The molecule has 1 aliphatic rings. The zero-order chi connectivity index (χ0) is 16.2. The van der Waals surface area contributed by atoms with Crippen molar-refractivity contribution in [2.75, 3.05) is 52.0 Å². The Morgan fingerprint density at radius 1 is 1.41 bits per heavy atom. The van der Waals surface area contributed by atoms with Crippen LogP contribution in [-0.2, 0) is 9.47 Å². The van der Waals surface area contributed by atoms with E-state index in [9.17, 15) is 4.79 Å². The number of nitrogens with zero attached hydrogens (tertiary/aromatic N) is 3. The molecule has 22 heavy (non-hydrogen) atoms. The zero-order valence-electron chi connectivity index (χ0n) is 13.8. The van der Waals surface area contributed by atoms with E-state index in [1.807, 2.05) is 19.9 Å². The fraction of sp³-hybridized carbons (Fsp3) is 0.625. The molecular formula is C16H25N3O3. The van der Waals surface area contributed by atoms with E-state index >= 15 is 0 Å². The van der Waals surface area contributed by atoms with Crippen molar-refractivity contribution in [3.63, 3.8) is 0 Å². The van der Waals surface area contributed by atoms with Crippen LogP contribution in [0.25, 0.3) is 0 Å². The molecule has 1 aromatic heterocycles. The van der Waals surface area contributed by atoms with E-state index in [-0.39, 0.29) is 11.4 Å².